The summed E-state index contributed by atoms with van der Waals surface area (Å²) in [4.78, 5) is 0. The zero-order valence-corrected chi connectivity index (χ0v) is 12.6. The summed E-state index contributed by atoms with van der Waals surface area (Å²) in [7, 11) is 0. The Morgan fingerprint density at radius 1 is 1.16 bits per heavy atom. The van der Waals surface area contributed by atoms with Gasteiger partial charge in [-0.3, -0.25) is 0 Å². The first-order valence-corrected chi connectivity index (χ1v) is 7.11. The fourth-order valence-electron chi connectivity index (χ4n) is 2.35. The van der Waals surface area contributed by atoms with Gasteiger partial charge in [0.05, 0.1) is 0 Å². The molecule has 0 unspecified atom stereocenters. The zero-order chi connectivity index (χ0) is 13.8. The second-order valence-electron chi connectivity index (χ2n) is 4.85. The molecule has 2 aromatic rings. The predicted molar refractivity (Wildman–Crippen MR) is 81.8 cm³/mol. The highest BCUT2D eigenvalue weighted by molar-refractivity contribution is 6.31. The number of halogens is 1. The van der Waals surface area contributed by atoms with Crippen LogP contribution in [0.1, 0.15) is 29.4 Å². The van der Waals surface area contributed by atoms with Crippen LogP contribution in [-0.4, -0.2) is 11.1 Å². The van der Waals surface area contributed by atoms with Gasteiger partial charge >= 0.3 is 0 Å². The van der Waals surface area contributed by atoms with E-state index in [9.17, 15) is 0 Å². The highest BCUT2D eigenvalue weighted by Gasteiger charge is 2.10. The van der Waals surface area contributed by atoms with Crippen LogP contribution in [0.4, 0.5) is 0 Å². The molecule has 2 rings (SSSR count). The molecule has 1 heterocycles. The van der Waals surface area contributed by atoms with E-state index in [4.69, 9.17) is 11.6 Å². The second-order valence-corrected chi connectivity index (χ2v) is 5.26. The van der Waals surface area contributed by atoms with Gasteiger partial charge in [0.15, 0.2) is 0 Å². The Morgan fingerprint density at radius 2 is 1.89 bits per heavy atom. The molecule has 0 spiro atoms. The van der Waals surface area contributed by atoms with Crippen LogP contribution in [-0.2, 0) is 13.1 Å². The number of benzene rings is 1. The molecule has 0 bridgehead atoms. The summed E-state index contributed by atoms with van der Waals surface area (Å²) < 4.78 is 2.33. The van der Waals surface area contributed by atoms with E-state index in [1.807, 2.05) is 18.2 Å². The maximum atomic E-state index is 6.24. The van der Waals surface area contributed by atoms with Gasteiger partial charge in [-0.05, 0) is 43.7 Å². The van der Waals surface area contributed by atoms with Gasteiger partial charge in [-0.25, -0.2) is 0 Å². The van der Waals surface area contributed by atoms with Crippen LogP contribution < -0.4 is 5.32 Å². The van der Waals surface area contributed by atoms with Crippen LogP contribution in [0, 0.1) is 13.8 Å². The van der Waals surface area contributed by atoms with Gasteiger partial charge in [0.1, 0.15) is 0 Å². The van der Waals surface area contributed by atoms with Crippen molar-refractivity contribution in [3.05, 3.63) is 57.9 Å². The number of nitrogens with zero attached hydrogens (tertiary/aromatic N) is 1. The monoisotopic (exact) mass is 276 g/mol. The highest BCUT2D eigenvalue weighted by Crippen LogP contribution is 2.21. The summed E-state index contributed by atoms with van der Waals surface area (Å²) in [6, 6.07) is 10.3. The second kappa shape index (κ2) is 6.27. The molecule has 0 aliphatic heterocycles. The number of rotatable bonds is 5. The van der Waals surface area contributed by atoms with Crippen molar-refractivity contribution in [3.63, 3.8) is 0 Å². The Balaban J connectivity index is 2.26. The number of aromatic nitrogens is 1. The number of nitrogens with one attached hydrogen (secondary N) is 1. The van der Waals surface area contributed by atoms with E-state index in [2.05, 4.69) is 42.8 Å². The molecule has 0 saturated heterocycles. The van der Waals surface area contributed by atoms with Gasteiger partial charge < -0.3 is 9.88 Å². The lowest BCUT2D eigenvalue weighted by Gasteiger charge is -2.11. The van der Waals surface area contributed by atoms with Crippen LogP contribution in [0.15, 0.2) is 30.3 Å². The minimum Gasteiger partial charge on any atom is -0.344 e. The Labute approximate surface area is 120 Å². The van der Waals surface area contributed by atoms with E-state index in [-0.39, 0.29) is 0 Å². The zero-order valence-electron chi connectivity index (χ0n) is 11.8. The van der Waals surface area contributed by atoms with Gasteiger partial charge in [-0.1, -0.05) is 36.7 Å². The lowest BCUT2D eigenvalue weighted by Crippen LogP contribution is -2.12. The van der Waals surface area contributed by atoms with Crippen LogP contribution in [0.2, 0.25) is 5.02 Å². The third kappa shape index (κ3) is 3.20. The minimum atomic E-state index is 0.836. The topological polar surface area (TPSA) is 17.0 Å². The van der Waals surface area contributed by atoms with E-state index >= 15 is 0 Å². The molecule has 0 aliphatic carbocycles. The molecule has 0 fully saturated rings. The number of aryl methyl sites for hydroxylation is 1. The van der Waals surface area contributed by atoms with Gasteiger partial charge in [0, 0.05) is 29.5 Å². The molecule has 0 amide bonds. The first-order chi connectivity index (χ1) is 9.13. The summed E-state index contributed by atoms with van der Waals surface area (Å²) in [6.45, 7) is 9.22. The molecule has 0 atom stereocenters. The summed E-state index contributed by atoms with van der Waals surface area (Å²) >= 11 is 6.24. The maximum absolute atomic E-state index is 6.24. The Bertz CT molecular complexity index is 558. The van der Waals surface area contributed by atoms with Crippen molar-refractivity contribution in [1.82, 2.24) is 9.88 Å². The standard InChI is InChI=1S/C16H21ClN2/c1-4-18-10-15-9-12(2)19(13(15)3)11-14-7-5-6-8-16(14)17/h5-9,18H,4,10-11H2,1-3H3. The molecule has 2 nitrogen and oxygen atoms in total. The van der Waals surface area contributed by atoms with Crippen LogP contribution in [0.5, 0.6) is 0 Å². The molecule has 1 aromatic heterocycles. The van der Waals surface area contributed by atoms with Crippen molar-refractivity contribution in [2.45, 2.75) is 33.9 Å². The molecule has 1 aromatic carbocycles. The summed E-state index contributed by atoms with van der Waals surface area (Å²) in [6.07, 6.45) is 0. The Morgan fingerprint density at radius 3 is 2.58 bits per heavy atom. The summed E-state index contributed by atoms with van der Waals surface area (Å²) in [5.41, 5.74) is 5.14. The van der Waals surface area contributed by atoms with Crippen LogP contribution in [0.3, 0.4) is 0 Å². The fraction of sp³-hybridized carbons (Fsp3) is 0.375. The van der Waals surface area contributed by atoms with E-state index in [0.29, 0.717) is 0 Å². The lowest BCUT2D eigenvalue weighted by atomic mass is 10.2. The maximum Gasteiger partial charge on any atom is 0.0490 e. The van der Waals surface area contributed by atoms with Crippen molar-refractivity contribution in [2.75, 3.05) is 6.54 Å². The number of hydrogen-bond donors (Lipinski definition) is 1. The molecular weight excluding hydrogens is 256 g/mol. The Kier molecular flexibility index (Phi) is 4.67. The minimum absolute atomic E-state index is 0.836. The molecule has 0 saturated carbocycles. The van der Waals surface area contributed by atoms with Gasteiger partial charge in [0.25, 0.3) is 0 Å². The lowest BCUT2D eigenvalue weighted by molar-refractivity contribution is 0.706. The van der Waals surface area contributed by atoms with E-state index in [0.717, 1.165) is 24.7 Å². The van der Waals surface area contributed by atoms with E-state index in [1.165, 1.54) is 22.5 Å². The van der Waals surface area contributed by atoms with Crippen molar-refractivity contribution >= 4 is 11.6 Å². The SMILES string of the molecule is CCNCc1cc(C)n(Cc2ccccc2Cl)c1C. The highest BCUT2D eigenvalue weighted by atomic mass is 35.5. The van der Waals surface area contributed by atoms with Crippen LogP contribution >= 0.6 is 11.6 Å². The quantitative estimate of drug-likeness (QED) is 0.876. The van der Waals surface area contributed by atoms with Gasteiger partial charge in [-0.2, -0.15) is 0 Å². The molecule has 1 N–H and O–H groups in total. The van der Waals surface area contributed by atoms with Crippen molar-refractivity contribution in [2.24, 2.45) is 0 Å². The molecule has 3 heteroatoms. The molecule has 102 valence electrons. The first-order valence-electron chi connectivity index (χ1n) is 6.73. The average Bonchev–Trinajstić information content (AvgIpc) is 2.66. The summed E-state index contributed by atoms with van der Waals surface area (Å²) in [5.74, 6) is 0. The molecule has 19 heavy (non-hydrogen) atoms. The van der Waals surface area contributed by atoms with Crippen LogP contribution in [0.25, 0.3) is 0 Å². The van der Waals surface area contributed by atoms with Crippen molar-refractivity contribution in [1.29, 1.82) is 0 Å². The molecule has 0 radical (unpaired) electrons. The van der Waals surface area contributed by atoms with Crippen molar-refractivity contribution < 1.29 is 0 Å². The third-order valence-corrected chi connectivity index (χ3v) is 3.90. The van der Waals surface area contributed by atoms with E-state index in [1.54, 1.807) is 0 Å². The van der Waals surface area contributed by atoms with Gasteiger partial charge in [-0.15, -0.1) is 0 Å². The molecule has 0 aliphatic rings. The summed E-state index contributed by atoms with van der Waals surface area (Å²) in [5, 5.41) is 4.22. The van der Waals surface area contributed by atoms with Gasteiger partial charge in [0.2, 0.25) is 0 Å². The largest absolute Gasteiger partial charge is 0.344 e. The normalized spacial score (nSPS) is 10.9. The first kappa shape index (κ1) is 14.2. The predicted octanol–water partition coefficient (Wildman–Crippen LogP) is 3.92. The fourth-order valence-corrected chi connectivity index (χ4v) is 2.55. The van der Waals surface area contributed by atoms with Crippen molar-refractivity contribution in [3.8, 4) is 0 Å². The van der Waals surface area contributed by atoms with E-state index < -0.39 is 0 Å². The smallest absolute Gasteiger partial charge is 0.0490 e. The molecular formula is C16H21ClN2. The average molecular weight is 277 g/mol. The third-order valence-electron chi connectivity index (χ3n) is 3.53. The number of hydrogen-bond acceptors (Lipinski definition) is 1. The Hall–Kier alpha value is -1.25.